The summed E-state index contributed by atoms with van der Waals surface area (Å²) in [5, 5.41) is 12.0. The highest BCUT2D eigenvalue weighted by Gasteiger charge is 2.37. The van der Waals surface area contributed by atoms with Crippen molar-refractivity contribution in [3.05, 3.63) is 27.7 Å². The van der Waals surface area contributed by atoms with Gasteiger partial charge in [0.25, 0.3) is 0 Å². The molecule has 20 heavy (non-hydrogen) atoms. The Labute approximate surface area is 126 Å². The molecule has 1 fully saturated rings. The van der Waals surface area contributed by atoms with Crippen molar-refractivity contribution in [3.8, 4) is 0 Å². The van der Waals surface area contributed by atoms with E-state index < -0.39 is 17.4 Å². The summed E-state index contributed by atoms with van der Waals surface area (Å²) < 4.78 is 0. The molecule has 1 aromatic rings. The van der Waals surface area contributed by atoms with Crippen LogP contribution in [0.15, 0.2) is 12.1 Å². The first-order valence-corrected chi connectivity index (χ1v) is 6.92. The summed E-state index contributed by atoms with van der Waals surface area (Å²) in [4.78, 5) is 23.4. The van der Waals surface area contributed by atoms with Crippen LogP contribution in [0.1, 0.15) is 36.0 Å². The molecule has 0 aromatic heterocycles. The fraction of sp³-hybridized carbons (Fsp3) is 0.385. The van der Waals surface area contributed by atoms with Crippen LogP contribution >= 0.6 is 23.2 Å². The van der Waals surface area contributed by atoms with Crippen molar-refractivity contribution in [3.63, 3.8) is 0 Å². The lowest BCUT2D eigenvalue weighted by Crippen LogP contribution is -2.48. The number of amides is 1. The van der Waals surface area contributed by atoms with Gasteiger partial charge in [-0.2, -0.15) is 0 Å². The zero-order valence-corrected chi connectivity index (χ0v) is 12.1. The third-order valence-corrected chi connectivity index (χ3v) is 3.99. The Bertz CT molecular complexity index is 569. The first kappa shape index (κ1) is 15.1. The van der Waals surface area contributed by atoms with Crippen LogP contribution in [-0.4, -0.2) is 22.5 Å². The first-order valence-electron chi connectivity index (χ1n) is 6.16. The molecule has 0 heterocycles. The number of benzene rings is 1. The summed E-state index contributed by atoms with van der Waals surface area (Å²) >= 11 is 11.7. The monoisotopic (exact) mass is 316 g/mol. The highest BCUT2D eigenvalue weighted by molar-refractivity contribution is 6.37. The molecule has 4 N–H and O–H groups in total. The number of carbonyl (C=O) groups excluding carboxylic acids is 1. The van der Waals surface area contributed by atoms with E-state index in [2.05, 4.69) is 5.32 Å². The van der Waals surface area contributed by atoms with Crippen molar-refractivity contribution < 1.29 is 14.7 Å². The molecule has 0 bridgehead atoms. The molecule has 108 valence electrons. The van der Waals surface area contributed by atoms with Crippen LogP contribution in [0.5, 0.6) is 0 Å². The molecule has 1 saturated carbocycles. The number of carboxylic acid groups (broad SMARTS) is 1. The van der Waals surface area contributed by atoms with Crippen molar-refractivity contribution in [1.29, 1.82) is 0 Å². The molecule has 0 unspecified atom stereocenters. The van der Waals surface area contributed by atoms with E-state index in [0.29, 0.717) is 12.8 Å². The molecule has 1 aromatic carbocycles. The molecule has 1 amide bonds. The van der Waals surface area contributed by atoms with E-state index in [1.807, 2.05) is 0 Å². The fourth-order valence-corrected chi connectivity index (χ4v) is 2.88. The molecule has 7 heteroatoms. The van der Waals surface area contributed by atoms with Crippen LogP contribution in [0.3, 0.4) is 0 Å². The van der Waals surface area contributed by atoms with Crippen LogP contribution in [0.4, 0.5) is 5.69 Å². The first-order chi connectivity index (χ1) is 9.33. The normalized spacial score (nSPS) is 16.9. The molecule has 0 saturated heterocycles. The smallest absolute Gasteiger partial charge is 0.337 e. The van der Waals surface area contributed by atoms with Gasteiger partial charge in [0.15, 0.2) is 0 Å². The van der Waals surface area contributed by atoms with Crippen LogP contribution in [0.2, 0.25) is 10.0 Å². The summed E-state index contributed by atoms with van der Waals surface area (Å²) in [5.74, 6) is -1.64. The molecular formula is C13H14Cl2N2O3. The quantitative estimate of drug-likeness (QED) is 0.799. The number of hydrogen-bond donors (Lipinski definition) is 3. The van der Waals surface area contributed by atoms with Crippen LogP contribution in [0.25, 0.3) is 0 Å². The van der Waals surface area contributed by atoms with Gasteiger partial charge in [-0.05, 0) is 25.0 Å². The average molecular weight is 317 g/mol. The number of aromatic carboxylic acids is 1. The maximum atomic E-state index is 12.2. The largest absolute Gasteiger partial charge is 0.478 e. The molecule has 0 radical (unpaired) electrons. The zero-order chi connectivity index (χ0) is 14.9. The van der Waals surface area contributed by atoms with Crippen LogP contribution in [0, 0.1) is 0 Å². The SMILES string of the molecule is NC1(C(=O)Nc2c(Cl)cc(Cl)cc2C(=O)O)CCCC1. The van der Waals surface area contributed by atoms with E-state index in [0.717, 1.165) is 12.8 Å². The number of anilines is 1. The average Bonchev–Trinajstić information content (AvgIpc) is 2.80. The molecule has 2 rings (SSSR count). The van der Waals surface area contributed by atoms with Gasteiger partial charge >= 0.3 is 5.97 Å². The summed E-state index contributed by atoms with van der Waals surface area (Å²) in [5.41, 5.74) is 4.95. The van der Waals surface area contributed by atoms with Gasteiger partial charge in [0.05, 0.1) is 21.8 Å². The number of halogens is 2. The van der Waals surface area contributed by atoms with Crippen LogP contribution < -0.4 is 11.1 Å². The highest BCUT2D eigenvalue weighted by atomic mass is 35.5. The van der Waals surface area contributed by atoms with Gasteiger partial charge in [-0.15, -0.1) is 0 Å². The molecule has 5 nitrogen and oxygen atoms in total. The molecule has 1 aliphatic rings. The number of rotatable bonds is 3. The van der Waals surface area contributed by atoms with E-state index in [4.69, 9.17) is 34.0 Å². The number of nitrogens with one attached hydrogen (secondary N) is 1. The lowest BCUT2D eigenvalue weighted by atomic mass is 9.97. The topological polar surface area (TPSA) is 92.4 Å². The lowest BCUT2D eigenvalue weighted by Gasteiger charge is -2.23. The van der Waals surface area contributed by atoms with Gasteiger partial charge in [0.2, 0.25) is 5.91 Å². The number of nitrogens with two attached hydrogens (primary N) is 1. The predicted octanol–water partition coefficient (Wildman–Crippen LogP) is 2.90. The van der Waals surface area contributed by atoms with Gasteiger partial charge < -0.3 is 16.2 Å². The summed E-state index contributed by atoms with van der Waals surface area (Å²) in [6, 6.07) is 2.62. The van der Waals surface area contributed by atoms with Gasteiger partial charge in [-0.1, -0.05) is 36.0 Å². The number of carboxylic acids is 1. The van der Waals surface area contributed by atoms with Crippen molar-refractivity contribution in [2.24, 2.45) is 5.73 Å². The molecular weight excluding hydrogens is 303 g/mol. The van der Waals surface area contributed by atoms with E-state index in [1.54, 1.807) is 0 Å². The Balaban J connectivity index is 2.33. The predicted molar refractivity (Wildman–Crippen MR) is 77.4 cm³/mol. The van der Waals surface area contributed by atoms with Crippen molar-refractivity contribution >= 4 is 40.8 Å². The fourth-order valence-electron chi connectivity index (χ4n) is 2.34. The van der Waals surface area contributed by atoms with Crippen molar-refractivity contribution in [2.45, 2.75) is 31.2 Å². The van der Waals surface area contributed by atoms with E-state index in [1.165, 1.54) is 12.1 Å². The minimum absolute atomic E-state index is 0.0327. The second-order valence-corrected chi connectivity index (χ2v) is 5.78. The Morgan fingerprint density at radius 3 is 2.40 bits per heavy atom. The van der Waals surface area contributed by atoms with Gasteiger partial charge in [-0.3, -0.25) is 4.79 Å². The maximum Gasteiger partial charge on any atom is 0.337 e. The standard InChI is InChI=1S/C13H14Cl2N2O3/c14-7-5-8(11(18)19)10(9(15)6-7)17-12(20)13(16)3-1-2-4-13/h5-6H,1-4,16H2,(H,17,20)(H,18,19). The minimum Gasteiger partial charge on any atom is -0.478 e. The van der Waals surface area contributed by atoms with Gasteiger partial charge in [-0.25, -0.2) is 4.79 Å². The van der Waals surface area contributed by atoms with Crippen LogP contribution in [-0.2, 0) is 4.79 Å². The van der Waals surface area contributed by atoms with Crippen molar-refractivity contribution in [1.82, 2.24) is 0 Å². The molecule has 1 aliphatic carbocycles. The Morgan fingerprint density at radius 2 is 1.85 bits per heavy atom. The maximum absolute atomic E-state index is 12.2. The summed E-state index contributed by atoms with van der Waals surface area (Å²) in [6.45, 7) is 0. The van der Waals surface area contributed by atoms with Crippen molar-refractivity contribution in [2.75, 3.05) is 5.32 Å². The van der Waals surface area contributed by atoms with E-state index in [-0.39, 0.29) is 21.3 Å². The van der Waals surface area contributed by atoms with E-state index in [9.17, 15) is 9.59 Å². The second-order valence-electron chi connectivity index (χ2n) is 4.93. The molecule has 0 aliphatic heterocycles. The summed E-state index contributed by atoms with van der Waals surface area (Å²) in [7, 11) is 0. The zero-order valence-electron chi connectivity index (χ0n) is 10.6. The summed E-state index contributed by atoms with van der Waals surface area (Å²) in [6.07, 6.45) is 2.91. The third-order valence-electron chi connectivity index (χ3n) is 3.47. The molecule has 0 spiro atoms. The second kappa shape index (κ2) is 5.60. The molecule has 0 atom stereocenters. The number of carbonyl (C=O) groups is 2. The number of hydrogen-bond acceptors (Lipinski definition) is 3. The van der Waals surface area contributed by atoms with E-state index >= 15 is 0 Å². The Kier molecular flexibility index (Phi) is 4.22. The third kappa shape index (κ3) is 2.90. The minimum atomic E-state index is -1.22. The lowest BCUT2D eigenvalue weighted by molar-refractivity contribution is -0.121. The Morgan fingerprint density at radius 1 is 1.25 bits per heavy atom. The van der Waals surface area contributed by atoms with Gasteiger partial charge in [0.1, 0.15) is 0 Å². The van der Waals surface area contributed by atoms with Gasteiger partial charge in [0, 0.05) is 5.02 Å². The highest BCUT2D eigenvalue weighted by Crippen LogP contribution is 2.33. The Hall–Kier alpha value is -1.30.